The molecule has 22 nitrogen and oxygen atoms in total. The van der Waals surface area contributed by atoms with Crippen LogP contribution in [0.25, 0.3) is 114 Å². The number of esters is 3. The average Bonchev–Trinajstić information content (AvgIpc) is 1.66. The third-order valence-corrected chi connectivity index (χ3v) is 15.0. The van der Waals surface area contributed by atoms with Crippen LogP contribution in [0.1, 0.15) is 45.6 Å². The molecule has 0 radical (unpaired) electrons. The van der Waals surface area contributed by atoms with Gasteiger partial charge in [-0.2, -0.15) is 0 Å². The van der Waals surface area contributed by atoms with E-state index in [4.69, 9.17) is 24.2 Å². The summed E-state index contributed by atoms with van der Waals surface area (Å²) in [5.41, 5.74) is 14.2. The number of H-pyrrole nitrogens is 2. The van der Waals surface area contributed by atoms with Crippen LogP contribution in [0.3, 0.4) is 0 Å². The molecule has 22 heteroatoms. The minimum atomic E-state index is -0.724. The molecule has 0 saturated carbocycles. The molecular formula is C71H44N16O6. The van der Waals surface area contributed by atoms with Crippen LogP contribution >= 0.6 is 0 Å². The normalized spacial score (nSPS) is 11.8. The summed E-state index contributed by atoms with van der Waals surface area (Å²) in [6.45, 7) is 0. The predicted molar refractivity (Wildman–Crippen MR) is 346 cm³/mol. The molecule has 444 valence electrons. The Bertz CT molecular complexity index is 5380. The molecule has 9 heterocycles. The van der Waals surface area contributed by atoms with Crippen LogP contribution in [0.5, 0.6) is 0 Å². The maximum absolute atomic E-state index is 12.1. The van der Waals surface area contributed by atoms with Crippen LogP contribution < -0.4 is 0 Å². The zero-order valence-electron chi connectivity index (χ0n) is 49.3. The standard InChI is InChI=1S/C71H44N16O6/c1-91-65(88)37-26-46-41-85(81-77-46)62-21-11-7-17-50(62)69-55-31-29-53(72-55)68(49-16-6-10-20-61(49)84-40-45(76-80-84)25-24-44-14-4-5-15-44)54-30-32-56(73-54)70(51-18-8-12-22-63(51)86-42-47(78-82-86)27-38-66(89)92-2)58-34-36-60(75-58)71(59-35-33-57(69)74-59)52-19-9-13-23-64(52)87-43-48(79-83-87)28-39-67(90)93-3/h4-23,29-36,40-44,72,75H,1-3H3. The summed E-state index contributed by atoms with van der Waals surface area (Å²) in [6.07, 6.45) is 22.6. The molecule has 14 rings (SSSR count). The number of methoxy groups -OCH3 is 3. The van der Waals surface area contributed by atoms with Crippen molar-refractivity contribution in [1.29, 1.82) is 0 Å². The van der Waals surface area contributed by atoms with Crippen molar-refractivity contribution in [2.75, 3.05) is 21.3 Å². The Morgan fingerprint density at radius 2 is 0.667 bits per heavy atom. The number of aromatic nitrogens is 16. The van der Waals surface area contributed by atoms with Gasteiger partial charge in [0, 0.05) is 84.3 Å². The number of nitrogens with zero attached hydrogens (tertiary/aromatic N) is 14. The first-order valence-electron chi connectivity index (χ1n) is 28.6. The maximum Gasteiger partial charge on any atom is 0.384 e. The summed E-state index contributed by atoms with van der Waals surface area (Å²) in [7, 11) is 3.76. The first-order chi connectivity index (χ1) is 45.7. The second-order valence-electron chi connectivity index (χ2n) is 20.6. The average molecular weight is 1220 g/mol. The number of aromatic amines is 2. The van der Waals surface area contributed by atoms with E-state index in [0.717, 1.165) is 5.56 Å². The Labute approximate surface area is 528 Å². The zero-order chi connectivity index (χ0) is 63.4. The number of benzene rings is 4. The lowest BCUT2D eigenvalue weighted by Crippen LogP contribution is -2.00. The van der Waals surface area contributed by atoms with E-state index in [9.17, 15) is 14.4 Å². The van der Waals surface area contributed by atoms with Crippen molar-refractivity contribution in [3.8, 4) is 115 Å². The molecule has 2 aliphatic heterocycles. The van der Waals surface area contributed by atoms with E-state index in [1.807, 2.05) is 176 Å². The van der Waals surface area contributed by atoms with E-state index < -0.39 is 17.9 Å². The Kier molecular flexibility index (Phi) is 15.1. The van der Waals surface area contributed by atoms with Gasteiger partial charge in [-0.05, 0) is 96.5 Å². The molecule has 0 fully saturated rings. The molecule has 0 atom stereocenters. The molecule has 93 heavy (non-hydrogen) atoms. The van der Waals surface area contributed by atoms with Gasteiger partial charge in [0.1, 0.15) is 0 Å². The van der Waals surface area contributed by atoms with Gasteiger partial charge in [0.15, 0.2) is 22.8 Å². The van der Waals surface area contributed by atoms with Crippen molar-refractivity contribution in [1.82, 2.24) is 79.9 Å². The number of carbonyl (C=O) groups excluding carboxylic acids is 3. The summed E-state index contributed by atoms with van der Waals surface area (Å²) >= 11 is 0. The Hall–Kier alpha value is -13.8. The summed E-state index contributed by atoms with van der Waals surface area (Å²) in [5.74, 6) is 19.8. The number of rotatable bonds is 8. The lowest BCUT2D eigenvalue weighted by atomic mass is 10.0. The Balaban J connectivity index is 1.08. The fourth-order valence-corrected chi connectivity index (χ4v) is 10.8. The number of hydrogen-bond donors (Lipinski definition) is 2. The molecule has 0 saturated heterocycles. The molecule has 2 N–H and O–H groups in total. The number of ether oxygens (including phenoxy) is 3. The minimum absolute atomic E-state index is 0.0346. The minimum Gasteiger partial charge on any atom is -0.459 e. The number of fused-ring (bicyclic) bond motifs is 8. The molecule has 7 aromatic heterocycles. The number of para-hydroxylation sites is 4. The number of hydrogen-bond acceptors (Lipinski definition) is 16. The number of allylic oxidation sites excluding steroid dienone is 4. The topological polar surface area (TPSA) is 259 Å². The van der Waals surface area contributed by atoms with Gasteiger partial charge in [0.2, 0.25) is 0 Å². The van der Waals surface area contributed by atoms with E-state index in [1.54, 1.807) is 37.3 Å². The van der Waals surface area contributed by atoms with E-state index in [1.165, 1.54) is 21.3 Å². The van der Waals surface area contributed by atoms with E-state index in [2.05, 4.69) is 98.6 Å². The molecule has 11 aromatic rings. The van der Waals surface area contributed by atoms with Crippen molar-refractivity contribution in [2.24, 2.45) is 5.92 Å². The van der Waals surface area contributed by atoms with Crippen LogP contribution in [0.4, 0.5) is 0 Å². The molecule has 1 aliphatic carbocycles. The molecule has 0 amide bonds. The second kappa shape index (κ2) is 24.7. The molecule has 0 spiro atoms. The molecular weight excluding hydrogens is 1170 g/mol. The van der Waals surface area contributed by atoms with E-state index >= 15 is 0 Å². The second-order valence-corrected chi connectivity index (χ2v) is 20.6. The predicted octanol–water partition coefficient (Wildman–Crippen LogP) is 9.31. The van der Waals surface area contributed by atoms with Gasteiger partial charge in [0.05, 0.1) is 97.6 Å². The highest BCUT2D eigenvalue weighted by molar-refractivity contribution is 6.02. The van der Waals surface area contributed by atoms with Gasteiger partial charge < -0.3 is 24.2 Å². The van der Waals surface area contributed by atoms with Gasteiger partial charge in [-0.3, -0.25) is 0 Å². The molecule has 0 unspecified atom stereocenters. The highest BCUT2D eigenvalue weighted by atomic mass is 16.5. The third kappa shape index (κ3) is 11.4. The summed E-state index contributed by atoms with van der Waals surface area (Å²) in [5, 5.41) is 35.5. The monoisotopic (exact) mass is 1220 g/mol. The van der Waals surface area contributed by atoms with E-state index in [0.29, 0.717) is 112 Å². The van der Waals surface area contributed by atoms with Crippen molar-refractivity contribution in [3.05, 3.63) is 216 Å². The smallest absolute Gasteiger partial charge is 0.384 e. The summed E-state index contributed by atoms with van der Waals surface area (Å²) < 4.78 is 20.8. The fraction of sp³-hybridized carbons (Fsp3) is 0.0563. The van der Waals surface area contributed by atoms with Gasteiger partial charge in [0.25, 0.3) is 0 Å². The third-order valence-electron chi connectivity index (χ3n) is 15.0. The molecule has 3 aliphatic rings. The Morgan fingerprint density at radius 3 is 0.957 bits per heavy atom. The van der Waals surface area contributed by atoms with Crippen molar-refractivity contribution in [3.63, 3.8) is 0 Å². The van der Waals surface area contributed by atoms with Crippen LogP contribution in [0.15, 0.2) is 170 Å². The summed E-state index contributed by atoms with van der Waals surface area (Å²) in [6, 6.07) is 39.0. The quantitative estimate of drug-likeness (QED) is 0.0816. The van der Waals surface area contributed by atoms with Gasteiger partial charge in [-0.1, -0.05) is 124 Å². The lowest BCUT2D eigenvalue weighted by molar-refractivity contribution is -0.134. The van der Waals surface area contributed by atoms with E-state index in [-0.39, 0.29) is 23.0 Å². The van der Waals surface area contributed by atoms with Gasteiger partial charge >= 0.3 is 17.9 Å². The largest absolute Gasteiger partial charge is 0.459 e. The fourth-order valence-electron chi connectivity index (χ4n) is 10.8. The number of nitrogens with one attached hydrogen (secondary N) is 2. The number of carbonyl (C=O) groups is 3. The summed E-state index contributed by atoms with van der Waals surface area (Å²) in [4.78, 5) is 55.2. The van der Waals surface area contributed by atoms with Gasteiger partial charge in [-0.15, -0.1) is 20.4 Å². The van der Waals surface area contributed by atoms with Crippen LogP contribution in [-0.4, -0.2) is 119 Å². The van der Waals surface area contributed by atoms with Crippen molar-refractivity contribution < 1.29 is 28.6 Å². The molecule has 4 aromatic carbocycles. The van der Waals surface area contributed by atoms with Crippen LogP contribution in [0, 0.1) is 53.3 Å². The first kappa shape index (κ1) is 56.9. The van der Waals surface area contributed by atoms with Crippen molar-refractivity contribution in [2.45, 2.75) is 0 Å². The first-order valence-corrected chi connectivity index (χ1v) is 28.6. The van der Waals surface area contributed by atoms with Crippen LogP contribution in [0.2, 0.25) is 0 Å². The highest BCUT2D eigenvalue weighted by Gasteiger charge is 2.25. The Morgan fingerprint density at radius 1 is 0.387 bits per heavy atom. The van der Waals surface area contributed by atoms with Crippen LogP contribution in [-0.2, 0) is 28.6 Å². The SMILES string of the molecule is COC(=O)C#Cc1cn(-c2ccccc2-c2c3nc(c(-c4ccccc4-n4cc(C#CC(=O)OC)nn4)c4ccc([nH]4)c(-c4ccccc4-n4cc(C#CC5C=CC=C5)nn4)c4nc(c(-c5ccccc5-n5cc(C#CC(=O)OC)nn5)c5ccc2[nH]5)C=C4)C=C3)nn1. The highest BCUT2D eigenvalue weighted by Crippen LogP contribution is 2.42. The molecule has 8 bridgehead atoms. The zero-order valence-corrected chi connectivity index (χ0v) is 49.3. The van der Waals surface area contributed by atoms with Crippen molar-refractivity contribution >= 4 is 64.3 Å². The lowest BCUT2D eigenvalue weighted by Gasteiger charge is -2.12. The maximum atomic E-state index is 12.1. The van der Waals surface area contributed by atoms with Gasteiger partial charge in [-0.25, -0.2) is 43.1 Å².